The molecular weight excluding hydrogens is 497 g/mol. The third-order valence-corrected chi connectivity index (χ3v) is 6.92. The van der Waals surface area contributed by atoms with Crippen molar-refractivity contribution in [2.75, 3.05) is 17.5 Å². The summed E-state index contributed by atoms with van der Waals surface area (Å²) in [7, 11) is -4.77. The van der Waals surface area contributed by atoms with Crippen LogP contribution in [0.3, 0.4) is 0 Å². The molecular formula is C23H20F5NO5S. The number of anilines is 1. The van der Waals surface area contributed by atoms with Crippen molar-refractivity contribution in [1.29, 1.82) is 0 Å². The lowest BCUT2D eigenvalue weighted by Gasteiger charge is -2.27. The first-order valence-corrected chi connectivity index (χ1v) is 11.6. The molecule has 0 radical (unpaired) electrons. The minimum absolute atomic E-state index is 0.0262. The average molecular weight is 517 g/mol. The Hall–Kier alpha value is -3.22. The van der Waals surface area contributed by atoms with Crippen molar-refractivity contribution < 1.29 is 45.7 Å². The average Bonchev–Trinajstić information content (AvgIpc) is 2.81. The van der Waals surface area contributed by atoms with E-state index in [-0.39, 0.29) is 17.5 Å². The van der Waals surface area contributed by atoms with E-state index in [9.17, 15) is 40.6 Å². The van der Waals surface area contributed by atoms with Crippen LogP contribution in [0.4, 0.5) is 27.6 Å². The van der Waals surface area contributed by atoms with E-state index in [4.69, 9.17) is 5.11 Å². The van der Waals surface area contributed by atoms with Crippen molar-refractivity contribution in [3.05, 3.63) is 77.9 Å². The van der Waals surface area contributed by atoms with Crippen molar-refractivity contribution in [3.8, 4) is 16.9 Å². The van der Waals surface area contributed by atoms with Crippen molar-refractivity contribution in [2.45, 2.75) is 23.6 Å². The number of hydrogen-bond donors (Lipinski definition) is 3. The lowest BCUT2D eigenvalue weighted by atomic mass is 10.0. The third-order valence-electron chi connectivity index (χ3n) is 5.11. The number of phenols is 1. The highest BCUT2D eigenvalue weighted by Crippen LogP contribution is 2.38. The van der Waals surface area contributed by atoms with Gasteiger partial charge in [-0.15, -0.1) is 0 Å². The second-order valence-electron chi connectivity index (χ2n) is 7.56. The zero-order valence-electron chi connectivity index (χ0n) is 17.9. The molecule has 0 fully saturated rings. The summed E-state index contributed by atoms with van der Waals surface area (Å²) in [6, 6.07) is 8.76. The fourth-order valence-corrected chi connectivity index (χ4v) is 4.83. The van der Waals surface area contributed by atoms with Crippen LogP contribution in [0.1, 0.15) is 12.0 Å². The summed E-state index contributed by atoms with van der Waals surface area (Å²) >= 11 is 0. The Morgan fingerprint density at radius 3 is 2.34 bits per heavy atom. The van der Waals surface area contributed by atoms with Gasteiger partial charge in [-0.05, 0) is 60.5 Å². The van der Waals surface area contributed by atoms with Crippen molar-refractivity contribution in [1.82, 2.24) is 0 Å². The van der Waals surface area contributed by atoms with Gasteiger partial charge in [0.2, 0.25) is 0 Å². The van der Waals surface area contributed by atoms with E-state index in [2.05, 4.69) is 0 Å². The van der Waals surface area contributed by atoms with E-state index in [1.165, 1.54) is 6.07 Å². The van der Waals surface area contributed by atoms with Crippen LogP contribution in [0.25, 0.3) is 11.1 Å². The number of nitrogens with zero attached hydrogens (tertiary/aromatic N) is 1. The Labute approximate surface area is 197 Å². The number of phenolic OH excluding ortho intramolecular Hbond substituents is 1. The van der Waals surface area contributed by atoms with Crippen LogP contribution in [-0.2, 0) is 16.2 Å². The summed E-state index contributed by atoms with van der Waals surface area (Å²) in [5.74, 6) is -2.25. The summed E-state index contributed by atoms with van der Waals surface area (Å²) in [6.45, 7) is -1.29. The van der Waals surface area contributed by atoms with Gasteiger partial charge >= 0.3 is 6.18 Å². The highest BCUT2D eigenvalue weighted by atomic mass is 32.2. The number of hydrogen-bond acceptors (Lipinski definition) is 5. The zero-order valence-corrected chi connectivity index (χ0v) is 18.7. The molecule has 0 heterocycles. The van der Waals surface area contributed by atoms with E-state index in [0.29, 0.717) is 16.4 Å². The maximum absolute atomic E-state index is 14.3. The molecule has 0 aliphatic rings. The summed E-state index contributed by atoms with van der Waals surface area (Å²) in [5, 5.41) is 29.3. The molecule has 0 saturated carbocycles. The van der Waals surface area contributed by atoms with Gasteiger partial charge in [-0.25, -0.2) is 17.2 Å². The fraction of sp³-hybridized carbons (Fsp3) is 0.217. The van der Waals surface area contributed by atoms with E-state index in [0.717, 1.165) is 42.5 Å². The Morgan fingerprint density at radius 2 is 1.69 bits per heavy atom. The standard InChI is InChI=1S/C23H20F5NO5S/c24-16-5-6-20(25)19(12-16)14-4-7-22(32)21(10-14)29(9-8-17(31)13-30)35(33,34)18-3-1-2-15(11-18)23(26,27)28/h1-7,10-12,17,30-32H,8-9,13H2. The number of sulfonamides is 1. The highest BCUT2D eigenvalue weighted by molar-refractivity contribution is 7.92. The largest absolute Gasteiger partial charge is 0.506 e. The van der Waals surface area contributed by atoms with Gasteiger partial charge in [-0.3, -0.25) is 4.31 Å². The van der Waals surface area contributed by atoms with Crippen molar-refractivity contribution in [2.24, 2.45) is 0 Å². The maximum atomic E-state index is 14.3. The monoisotopic (exact) mass is 517 g/mol. The highest BCUT2D eigenvalue weighted by Gasteiger charge is 2.34. The summed E-state index contributed by atoms with van der Waals surface area (Å²) < 4.78 is 94.9. The Morgan fingerprint density at radius 1 is 0.971 bits per heavy atom. The molecule has 3 aromatic rings. The van der Waals surface area contributed by atoms with Crippen LogP contribution in [0.15, 0.2) is 65.6 Å². The fourth-order valence-electron chi connectivity index (χ4n) is 3.30. The summed E-state index contributed by atoms with van der Waals surface area (Å²) in [6.07, 6.45) is -6.56. The van der Waals surface area contributed by atoms with Crippen LogP contribution in [0.5, 0.6) is 5.75 Å². The van der Waals surface area contributed by atoms with Crippen LogP contribution in [0.2, 0.25) is 0 Å². The topological polar surface area (TPSA) is 98.1 Å². The molecule has 6 nitrogen and oxygen atoms in total. The number of aromatic hydroxyl groups is 1. The van der Waals surface area contributed by atoms with Gasteiger partial charge in [-0.2, -0.15) is 13.2 Å². The molecule has 0 bridgehead atoms. The smallest absolute Gasteiger partial charge is 0.416 e. The molecule has 0 aliphatic carbocycles. The van der Waals surface area contributed by atoms with Gasteiger partial charge < -0.3 is 15.3 Å². The van der Waals surface area contributed by atoms with E-state index in [1.807, 2.05) is 0 Å². The van der Waals surface area contributed by atoms with Gasteiger partial charge in [-0.1, -0.05) is 12.1 Å². The predicted octanol–water partition coefficient (Wildman–Crippen LogP) is 4.29. The van der Waals surface area contributed by atoms with Gasteiger partial charge in [0.05, 0.1) is 28.9 Å². The van der Waals surface area contributed by atoms with E-state index in [1.54, 1.807) is 0 Å². The Balaban J connectivity index is 2.17. The maximum Gasteiger partial charge on any atom is 0.416 e. The lowest BCUT2D eigenvalue weighted by molar-refractivity contribution is -0.137. The number of halogens is 5. The van der Waals surface area contributed by atoms with Crippen LogP contribution < -0.4 is 4.31 Å². The number of alkyl halides is 3. The molecule has 188 valence electrons. The quantitative estimate of drug-likeness (QED) is 0.387. The van der Waals surface area contributed by atoms with Crippen LogP contribution in [-0.4, -0.2) is 43.0 Å². The Bertz CT molecular complexity index is 1310. The molecule has 1 atom stereocenters. The molecule has 0 amide bonds. The number of aliphatic hydroxyl groups is 2. The molecule has 3 N–H and O–H groups in total. The molecule has 0 saturated heterocycles. The minimum Gasteiger partial charge on any atom is -0.506 e. The number of benzene rings is 3. The summed E-state index contributed by atoms with van der Waals surface area (Å²) in [5.41, 5.74) is -1.96. The molecule has 3 rings (SSSR count). The Kier molecular flexibility index (Phi) is 7.68. The number of rotatable bonds is 8. The molecule has 1 unspecified atom stereocenters. The van der Waals surface area contributed by atoms with Gasteiger partial charge in [0.15, 0.2) is 0 Å². The zero-order chi connectivity index (χ0) is 26.0. The molecule has 0 aliphatic heterocycles. The third kappa shape index (κ3) is 5.89. The first kappa shape index (κ1) is 26.4. The molecule has 0 aromatic heterocycles. The molecule has 35 heavy (non-hydrogen) atoms. The van der Waals surface area contributed by atoms with Crippen LogP contribution >= 0.6 is 0 Å². The SMILES string of the molecule is O=S(=O)(c1cccc(C(F)(F)F)c1)N(CCC(O)CO)c1cc(-c2cc(F)ccc2F)ccc1O. The first-order chi connectivity index (χ1) is 16.3. The predicted molar refractivity (Wildman–Crippen MR) is 117 cm³/mol. The van der Waals surface area contributed by atoms with Gasteiger partial charge in [0.25, 0.3) is 10.0 Å². The van der Waals surface area contributed by atoms with Crippen LogP contribution in [0, 0.1) is 11.6 Å². The lowest BCUT2D eigenvalue weighted by Crippen LogP contribution is -2.34. The minimum atomic E-state index is -4.83. The summed E-state index contributed by atoms with van der Waals surface area (Å²) in [4.78, 5) is -0.757. The van der Waals surface area contributed by atoms with Crippen molar-refractivity contribution >= 4 is 15.7 Å². The second-order valence-corrected chi connectivity index (χ2v) is 9.42. The van der Waals surface area contributed by atoms with E-state index < -0.39 is 69.0 Å². The van der Waals surface area contributed by atoms with Gasteiger partial charge in [0.1, 0.15) is 17.4 Å². The van der Waals surface area contributed by atoms with Crippen molar-refractivity contribution in [3.63, 3.8) is 0 Å². The molecule has 12 heteroatoms. The second kappa shape index (κ2) is 10.2. The first-order valence-electron chi connectivity index (χ1n) is 10.1. The number of aliphatic hydroxyl groups excluding tert-OH is 2. The molecule has 3 aromatic carbocycles. The molecule has 0 spiro atoms. The van der Waals surface area contributed by atoms with E-state index >= 15 is 0 Å². The van der Waals surface area contributed by atoms with Gasteiger partial charge in [0, 0.05) is 12.1 Å². The normalized spacial score (nSPS) is 13.0.